The van der Waals surface area contributed by atoms with E-state index in [-0.39, 0.29) is 37.2 Å². The van der Waals surface area contributed by atoms with Crippen LogP contribution in [0.5, 0.6) is 0 Å². The monoisotopic (exact) mass is 468 g/mol. The molecule has 4 rings (SSSR count). The number of hydrogen-bond donors (Lipinski definition) is 0. The average molecular weight is 469 g/mol. The molecule has 33 heavy (non-hydrogen) atoms. The fourth-order valence-corrected chi connectivity index (χ4v) is 5.98. The molecule has 1 saturated carbocycles. The molecule has 6 heteroatoms. The molecule has 0 amide bonds. The second kappa shape index (κ2) is 12.6. The van der Waals surface area contributed by atoms with Crippen molar-refractivity contribution in [3.63, 3.8) is 0 Å². The Labute approximate surface area is 201 Å². The van der Waals surface area contributed by atoms with Crippen molar-refractivity contribution < 1.29 is 28.4 Å². The van der Waals surface area contributed by atoms with Crippen LogP contribution in [-0.2, 0) is 28.4 Å². The number of hydrogen-bond acceptors (Lipinski definition) is 6. The predicted molar refractivity (Wildman–Crippen MR) is 127 cm³/mol. The summed E-state index contributed by atoms with van der Waals surface area (Å²) < 4.78 is 35.8. The zero-order valence-electron chi connectivity index (χ0n) is 21.4. The maximum atomic E-state index is 6.22. The maximum absolute atomic E-state index is 6.22. The molecule has 3 aliphatic heterocycles. The molecule has 0 spiro atoms. The summed E-state index contributed by atoms with van der Waals surface area (Å²) in [5, 5.41) is 0. The molecule has 4 aliphatic rings. The molecule has 0 radical (unpaired) electrons. The van der Waals surface area contributed by atoms with Crippen LogP contribution in [0.2, 0.25) is 0 Å². The van der Waals surface area contributed by atoms with Crippen molar-refractivity contribution in [2.75, 3.05) is 19.8 Å². The summed E-state index contributed by atoms with van der Waals surface area (Å²) in [4.78, 5) is 0. The minimum absolute atomic E-state index is 0.0411. The Morgan fingerprint density at radius 3 is 1.85 bits per heavy atom. The molecule has 0 bridgehead atoms. The Morgan fingerprint density at radius 1 is 0.636 bits per heavy atom. The molecule has 0 N–H and O–H groups in total. The third-order valence-corrected chi connectivity index (χ3v) is 7.75. The third kappa shape index (κ3) is 8.15. The van der Waals surface area contributed by atoms with E-state index >= 15 is 0 Å². The summed E-state index contributed by atoms with van der Waals surface area (Å²) in [6.07, 6.45) is 12.0. The zero-order chi connectivity index (χ0) is 23.2. The van der Waals surface area contributed by atoms with E-state index in [9.17, 15) is 0 Å². The van der Waals surface area contributed by atoms with Gasteiger partial charge in [-0.1, -0.05) is 53.4 Å². The van der Waals surface area contributed by atoms with Crippen molar-refractivity contribution in [2.45, 2.75) is 129 Å². The normalized spacial score (nSPS) is 39.8. The van der Waals surface area contributed by atoms with Gasteiger partial charge in [-0.05, 0) is 49.9 Å². The first-order chi connectivity index (χ1) is 15.9. The Hall–Kier alpha value is -0.240. The highest BCUT2D eigenvalue weighted by Crippen LogP contribution is 2.36. The van der Waals surface area contributed by atoms with E-state index in [2.05, 4.69) is 27.7 Å². The van der Waals surface area contributed by atoms with Gasteiger partial charge in [0.1, 0.15) is 0 Å². The van der Waals surface area contributed by atoms with E-state index in [1.807, 2.05) is 0 Å². The molecule has 0 aromatic heterocycles. The summed E-state index contributed by atoms with van der Waals surface area (Å²) in [6, 6.07) is 0. The van der Waals surface area contributed by atoms with Crippen LogP contribution in [-0.4, -0.2) is 57.0 Å². The van der Waals surface area contributed by atoms with Crippen LogP contribution in [0.25, 0.3) is 0 Å². The smallest absolute Gasteiger partial charge is 0.163 e. The van der Waals surface area contributed by atoms with Crippen molar-refractivity contribution in [1.29, 1.82) is 0 Å². The van der Waals surface area contributed by atoms with E-state index in [0.717, 1.165) is 43.4 Å². The first-order valence-electron chi connectivity index (χ1n) is 13.8. The fourth-order valence-electron chi connectivity index (χ4n) is 5.98. The highest BCUT2D eigenvalue weighted by Gasteiger charge is 2.35. The van der Waals surface area contributed by atoms with E-state index in [4.69, 9.17) is 28.4 Å². The summed E-state index contributed by atoms with van der Waals surface area (Å²) in [6.45, 7) is 11.1. The molecule has 192 valence electrons. The van der Waals surface area contributed by atoms with Crippen LogP contribution in [0.3, 0.4) is 0 Å². The van der Waals surface area contributed by atoms with Gasteiger partial charge in [-0.25, -0.2) is 0 Å². The molecular formula is C27H48O6. The molecule has 6 nitrogen and oxygen atoms in total. The number of ether oxygens (including phenoxy) is 6. The lowest BCUT2D eigenvalue weighted by Gasteiger charge is -2.30. The second-order valence-corrected chi connectivity index (χ2v) is 11.7. The Kier molecular flexibility index (Phi) is 9.90. The van der Waals surface area contributed by atoms with Crippen molar-refractivity contribution in [3.8, 4) is 0 Å². The minimum atomic E-state index is -0.207. The van der Waals surface area contributed by atoms with Gasteiger partial charge >= 0.3 is 0 Å². The van der Waals surface area contributed by atoms with Gasteiger partial charge in [-0.15, -0.1) is 0 Å². The first kappa shape index (κ1) is 25.8. The summed E-state index contributed by atoms with van der Waals surface area (Å²) in [5.41, 5.74) is 0. The van der Waals surface area contributed by atoms with E-state index in [1.54, 1.807) is 0 Å². The van der Waals surface area contributed by atoms with Gasteiger partial charge in [0, 0.05) is 12.3 Å². The van der Waals surface area contributed by atoms with Crippen LogP contribution in [0.15, 0.2) is 0 Å². The lowest BCUT2D eigenvalue weighted by Crippen LogP contribution is -2.23. The summed E-state index contributed by atoms with van der Waals surface area (Å²) >= 11 is 0. The van der Waals surface area contributed by atoms with Crippen LogP contribution >= 0.6 is 0 Å². The molecular weight excluding hydrogens is 420 g/mol. The lowest BCUT2D eigenvalue weighted by atomic mass is 9.77. The number of rotatable bonds is 11. The SMILES string of the molecule is CC(C)CC1CCC(CC2COC(CC3OCC(CCCC4COC(C(C)C)O4)O3)O2)CC1. The van der Waals surface area contributed by atoms with Gasteiger partial charge in [0.2, 0.25) is 0 Å². The van der Waals surface area contributed by atoms with Crippen LogP contribution in [0.4, 0.5) is 0 Å². The van der Waals surface area contributed by atoms with Gasteiger partial charge in [-0.3, -0.25) is 0 Å². The zero-order valence-corrected chi connectivity index (χ0v) is 21.4. The van der Waals surface area contributed by atoms with Crippen molar-refractivity contribution in [2.24, 2.45) is 23.7 Å². The highest BCUT2D eigenvalue weighted by molar-refractivity contribution is 4.78. The molecule has 3 heterocycles. The molecule has 4 fully saturated rings. The van der Waals surface area contributed by atoms with E-state index < -0.39 is 0 Å². The summed E-state index contributed by atoms with van der Waals surface area (Å²) in [5.74, 6) is 2.98. The van der Waals surface area contributed by atoms with Crippen LogP contribution < -0.4 is 0 Å². The standard InChI is InChI=1S/C27H48O6/c1-18(2)12-20-8-10-21(11-9-20)13-24-17-29-26(32-24)14-25-28-15-22(31-25)6-5-7-23-16-30-27(33-23)19(3)4/h18-27H,5-17H2,1-4H3. The van der Waals surface area contributed by atoms with E-state index in [0.29, 0.717) is 32.2 Å². The topological polar surface area (TPSA) is 55.4 Å². The van der Waals surface area contributed by atoms with Gasteiger partial charge in [0.25, 0.3) is 0 Å². The van der Waals surface area contributed by atoms with Gasteiger partial charge in [0.15, 0.2) is 18.9 Å². The molecule has 6 unspecified atom stereocenters. The largest absolute Gasteiger partial charge is 0.350 e. The van der Waals surface area contributed by atoms with Crippen molar-refractivity contribution in [1.82, 2.24) is 0 Å². The van der Waals surface area contributed by atoms with E-state index in [1.165, 1.54) is 32.1 Å². The second-order valence-electron chi connectivity index (χ2n) is 11.7. The average Bonchev–Trinajstić information content (AvgIpc) is 3.52. The van der Waals surface area contributed by atoms with Gasteiger partial charge < -0.3 is 28.4 Å². The first-order valence-corrected chi connectivity index (χ1v) is 13.8. The molecule has 1 aliphatic carbocycles. The summed E-state index contributed by atoms with van der Waals surface area (Å²) in [7, 11) is 0. The fraction of sp³-hybridized carbons (Fsp3) is 1.00. The minimum Gasteiger partial charge on any atom is -0.350 e. The van der Waals surface area contributed by atoms with Crippen LogP contribution in [0, 0.1) is 23.7 Å². The Bertz CT molecular complexity index is 561. The molecule has 0 aromatic carbocycles. The lowest BCUT2D eigenvalue weighted by molar-refractivity contribution is -0.139. The predicted octanol–water partition coefficient (Wildman–Crippen LogP) is 5.67. The van der Waals surface area contributed by atoms with Crippen molar-refractivity contribution >= 4 is 0 Å². The maximum Gasteiger partial charge on any atom is 0.163 e. The Balaban J connectivity index is 1.06. The quantitative estimate of drug-likeness (QED) is 0.389. The van der Waals surface area contributed by atoms with Gasteiger partial charge in [0.05, 0.1) is 38.1 Å². The molecule has 6 atom stereocenters. The molecule has 0 aromatic rings. The highest BCUT2D eigenvalue weighted by atomic mass is 16.7. The van der Waals surface area contributed by atoms with Gasteiger partial charge in [-0.2, -0.15) is 0 Å². The van der Waals surface area contributed by atoms with Crippen LogP contribution in [0.1, 0.15) is 91.9 Å². The Morgan fingerprint density at radius 2 is 1.21 bits per heavy atom. The third-order valence-electron chi connectivity index (χ3n) is 7.75. The molecule has 3 saturated heterocycles. The van der Waals surface area contributed by atoms with Crippen molar-refractivity contribution in [3.05, 3.63) is 0 Å².